The molecule has 0 spiro atoms. The lowest BCUT2D eigenvalue weighted by atomic mass is 9.97. The molecule has 0 aliphatic heterocycles. The van der Waals surface area contributed by atoms with E-state index in [1.807, 2.05) is 30.3 Å². The third kappa shape index (κ3) is 3.48. The molecule has 0 bridgehead atoms. The topological polar surface area (TPSA) is 0 Å². The third-order valence-corrected chi connectivity index (χ3v) is 3.37. The first kappa shape index (κ1) is 12.9. The highest BCUT2D eigenvalue weighted by molar-refractivity contribution is 9.10. The van der Waals surface area contributed by atoms with Gasteiger partial charge in [0.1, 0.15) is 0 Å². The SMILES string of the molecule is CC[C@@H](C#Cc1ccccc1)c1ccc(Br)cc1. The number of hydrogen-bond donors (Lipinski definition) is 0. The first-order chi connectivity index (χ1) is 8.79. The van der Waals surface area contributed by atoms with Gasteiger partial charge in [-0.1, -0.05) is 65.0 Å². The normalized spacial score (nSPS) is 11.4. The minimum absolute atomic E-state index is 0.304. The summed E-state index contributed by atoms with van der Waals surface area (Å²) in [6, 6.07) is 18.6. The Bertz CT molecular complexity index is 544. The Labute approximate surface area is 117 Å². The van der Waals surface area contributed by atoms with Crippen LogP contribution in [0.2, 0.25) is 0 Å². The maximum Gasteiger partial charge on any atom is 0.0453 e. The predicted octanol–water partition coefficient (Wildman–Crippen LogP) is 4.99. The van der Waals surface area contributed by atoms with Gasteiger partial charge in [-0.15, -0.1) is 0 Å². The maximum absolute atomic E-state index is 3.46. The molecular formula is C17H15Br. The lowest BCUT2D eigenvalue weighted by molar-refractivity contribution is 0.830. The first-order valence-electron chi connectivity index (χ1n) is 6.11. The lowest BCUT2D eigenvalue weighted by Gasteiger charge is -2.07. The Kier molecular flexibility index (Phi) is 4.61. The van der Waals surface area contributed by atoms with Gasteiger partial charge in [0.25, 0.3) is 0 Å². The quantitative estimate of drug-likeness (QED) is 0.685. The van der Waals surface area contributed by atoms with Crippen LogP contribution in [0.1, 0.15) is 30.4 Å². The van der Waals surface area contributed by atoms with Gasteiger partial charge >= 0.3 is 0 Å². The van der Waals surface area contributed by atoms with E-state index in [0.717, 1.165) is 16.5 Å². The summed E-state index contributed by atoms with van der Waals surface area (Å²) >= 11 is 3.46. The summed E-state index contributed by atoms with van der Waals surface area (Å²) in [7, 11) is 0. The second kappa shape index (κ2) is 6.42. The fourth-order valence-corrected chi connectivity index (χ4v) is 2.07. The summed E-state index contributed by atoms with van der Waals surface area (Å²) in [5, 5.41) is 0. The highest BCUT2D eigenvalue weighted by Crippen LogP contribution is 2.21. The first-order valence-corrected chi connectivity index (χ1v) is 6.91. The molecule has 2 aromatic carbocycles. The van der Waals surface area contributed by atoms with E-state index in [0.29, 0.717) is 5.92 Å². The molecule has 0 nitrogen and oxygen atoms in total. The second-order valence-electron chi connectivity index (χ2n) is 4.15. The van der Waals surface area contributed by atoms with Crippen LogP contribution in [0.5, 0.6) is 0 Å². The van der Waals surface area contributed by atoms with Gasteiger partial charge in [0.2, 0.25) is 0 Å². The van der Waals surface area contributed by atoms with Gasteiger partial charge in [-0.25, -0.2) is 0 Å². The van der Waals surface area contributed by atoms with Crippen molar-refractivity contribution >= 4 is 15.9 Å². The zero-order valence-corrected chi connectivity index (χ0v) is 11.9. The zero-order chi connectivity index (χ0) is 12.8. The molecule has 2 aromatic rings. The van der Waals surface area contributed by atoms with Crippen LogP contribution in [0.25, 0.3) is 0 Å². The maximum atomic E-state index is 3.46. The molecule has 1 atom stereocenters. The van der Waals surface area contributed by atoms with Crippen molar-refractivity contribution in [3.05, 3.63) is 70.2 Å². The van der Waals surface area contributed by atoms with Gasteiger partial charge in [0.15, 0.2) is 0 Å². The Hall–Kier alpha value is -1.52. The molecule has 90 valence electrons. The average Bonchev–Trinajstić information content (AvgIpc) is 2.42. The summed E-state index contributed by atoms with van der Waals surface area (Å²) < 4.78 is 1.11. The number of halogens is 1. The van der Waals surface area contributed by atoms with E-state index in [1.165, 1.54) is 5.56 Å². The minimum Gasteiger partial charge on any atom is -0.0897 e. The molecule has 0 radical (unpaired) electrons. The van der Waals surface area contributed by atoms with Crippen molar-refractivity contribution in [3.63, 3.8) is 0 Å². The van der Waals surface area contributed by atoms with Crippen LogP contribution in [0.4, 0.5) is 0 Å². The van der Waals surface area contributed by atoms with Crippen LogP contribution < -0.4 is 0 Å². The second-order valence-corrected chi connectivity index (χ2v) is 5.06. The van der Waals surface area contributed by atoms with Crippen LogP contribution >= 0.6 is 15.9 Å². The molecule has 18 heavy (non-hydrogen) atoms. The van der Waals surface area contributed by atoms with E-state index >= 15 is 0 Å². The Morgan fingerprint density at radius 3 is 2.28 bits per heavy atom. The standard InChI is InChI=1S/C17H15Br/c1-2-15(16-10-12-17(18)13-11-16)9-8-14-6-4-3-5-7-14/h3-7,10-13,15H,2H2,1H3/t15-/m0/s1. The number of rotatable bonds is 2. The van der Waals surface area contributed by atoms with Crippen LogP contribution in [0.3, 0.4) is 0 Å². The summed E-state index contributed by atoms with van der Waals surface area (Å²) in [5.74, 6) is 6.91. The molecule has 0 aliphatic rings. The molecular weight excluding hydrogens is 284 g/mol. The van der Waals surface area contributed by atoms with E-state index in [-0.39, 0.29) is 0 Å². The largest absolute Gasteiger partial charge is 0.0897 e. The Balaban J connectivity index is 2.20. The van der Waals surface area contributed by atoms with Crippen LogP contribution in [-0.2, 0) is 0 Å². The van der Waals surface area contributed by atoms with Gasteiger partial charge in [-0.2, -0.15) is 0 Å². The summed E-state index contributed by atoms with van der Waals surface area (Å²) in [4.78, 5) is 0. The molecule has 1 heteroatoms. The Morgan fingerprint density at radius 2 is 1.67 bits per heavy atom. The van der Waals surface area contributed by atoms with Gasteiger partial charge in [-0.05, 0) is 36.2 Å². The third-order valence-electron chi connectivity index (χ3n) is 2.85. The van der Waals surface area contributed by atoms with E-state index in [4.69, 9.17) is 0 Å². The molecule has 0 aromatic heterocycles. The van der Waals surface area contributed by atoms with E-state index in [9.17, 15) is 0 Å². The average molecular weight is 299 g/mol. The molecule has 0 saturated carbocycles. The van der Waals surface area contributed by atoms with E-state index in [2.05, 4.69) is 59.0 Å². The van der Waals surface area contributed by atoms with Crippen molar-refractivity contribution in [1.29, 1.82) is 0 Å². The van der Waals surface area contributed by atoms with Crippen LogP contribution in [0, 0.1) is 11.8 Å². The molecule has 2 rings (SSSR count). The summed E-state index contributed by atoms with van der Waals surface area (Å²) in [5.41, 5.74) is 2.36. The molecule has 0 unspecified atom stereocenters. The molecule has 0 aliphatic carbocycles. The van der Waals surface area contributed by atoms with Crippen molar-refractivity contribution in [2.45, 2.75) is 19.3 Å². The Morgan fingerprint density at radius 1 is 1.00 bits per heavy atom. The summed E-state index contributed by atoms with van der Waals surface area (Å²) in [6.07, 6.45) is 1.03. The molecule has 0 amide bonds. The smallest absolute Gasteiger partial charge is 0.0453 e. The van der Waals surface area contributed by atoms with E-state index < -0.39 is 0 Å². The fraction of sp³-hybridized carbons (Fsp3) is 0.176. The van der Waals surface area contributed by atoms with Crippen molar-refractivity contribution in [2.24, 2.45) is 0 Å². The number of benzene rings is 2. The summed E-state index contributed by atoms with van der Waals surface area (Å²) in [6.45, 7) is 2.17. The highest BCUT2D eigenvalue weighted by Gasteiger charge is 2.04. The molecule has 0 N–H and O–H groups in total. The lowest BCUT2D eigenvalue weighted by Crippen LogP contribution is -1.93. The molecule has 0 fully saturated rings. The zero-order valence-electron chi connectivity index (χ0n) is 10.4. The monoisotopic (exact) mass is 298 g/mol. The molecule has 0 saturated heterocycles. The van der Waals surface area contributed by atoms with Crippen LogP contribution in [-0.4, -0.2) is 0 Å². The highest BCUT2D eigenvalue weighted by atomic mass is 79.9. The molecule has 0 heterocycles. The van der Waals surface area contributed by atoms with Crippen molar-refractivity contribution in [3.8, 4) is 11.8 Å². The van der Waals surface area contributed by atoms with Gasteiger partial charge < -0.3 is 0 Å². The van der Waals surface area contributed by atoms with Crippen LogP contribution in [0.15, 0.2) is 59.1 Å². The minimum atomic E-state index is 0.304. The van der Waals surface area contributed by atoms with Crippen molar-refractivity contribution in [2.75, 3.05) is 0 Å². The number of hydrogen-bond acceptors (Lipinski definition) is 0. The van der Waals surface area contributed by atoms with Gasteiger partial charge in [0, 0.05) is 16.0 Å². The van der Waals surface area contributed by atoms with Gasteiger partial charge in [0.05, 0.1) is 0 Å². The predicted molar refractivity (Wildman–Crippen MR) is 80.5 cm³/mol. The van der Waals surface area contributed by atoms with Gasteiger partial charge in [-0.3, -0.25) is 0 Å². The van der Waals surface area contributed by atoms with Crippen molar-refractivity contribution in [1.82, 2.24) is 0 Å². The van der Waals surface area contributed by atoms with Crippen molar-refractivity contribution < 1.29 is 0 Å². The van der Waals surface area contributed by atoms with E-state index in [1.54, 1.807) is 0 Å². The fourth-order valence-electron chi connectivity index (χ4n) is 1.81.